The number of para-hydroxylation sites is 1. The summed E-state index contributed by atoms with van der Waals surface area (Å²) in [6.07, 6.45) is 1.88. The molecule has 9 heteroatoms. The fourth-order valence-corrected chi connectivity index (χ4v) is 5.86. The number of thioether (sulfide) groups is 1. The molecule has 0 aliphatic rings. The lowest BCUT2D eigenvalue weighted by atomic mass is 10.2. The molecule has 0 atom stereocenters. The molecular weight excluding hydrogens is 466 g/mol. The highest BCUT2D eigenvalue weighted by atomic mass is 32.2. The smallest absolute Gasteiger partial charge is 0.262 e. The number of hydrogen-bond donors (Lipinski definition) is 0. The quantitative estimate of drug-likeness (QED) is 0.203. The molecule has 0 unspecified atom stereocenters. The second-order valence-corrected chi connectivity index (χ2v) is 10.2. The second-order valence-electron chi connectivity index (χ2n) is 8.11. The Morgan fingerprint density at radius 1 is 1.15 bits per heavy atom. The lowest BCUT2D eigenvalue weighted by Gasteiger charge is -2.19. The molecule has 1 aromatic carbocycles. The number of rotatable bonds is 11. The summed E-state index contributed by atoms with van der Waals surface area (Å²) >= 11 is 3.16. The van der Waals surface area contributed by atoms with Crippen molar-refractivity contribution in [2.75, 3.05) is 19.6 Å². The SMILES string of the molecule is CCc1sc(-c2nnc(CSc3nc4ccccc4c(=O)n3CCCN(CC)CC)o2)cc1C. The van der Waals surface area contributed by atoms with Gasteiger partial charge in [-0.15, -0.1) is 21.5 Å². The zero-order valence-corrected chi connectivity index (χ0v) is 21.8. The summed E-state index contributed by atoms with van der Waals surface area (Å²) in [5.41, 5.74) is 1.97. The molecule has 0 aliphatic heterocycles. The molecule has 0 saturated heterocycles. The van der Waals surface area contributed by atoms with Gasteiger partial charge >= 0.3 is 0 Å². The zero-order valence-electron chi connectivity index (χ0n) is 20.2. The summed E-state index contributed by atoms with van der Waals surface area (Å²) in [4.78, 5) is 22.8. The van der Waals surface area contributed by atoms with Crippen LogP contribution in [0.25, 0.3) is 21.7 Å². The summed E-state index contributed by atoms with van der Waals surface area (Å²) in [5.74, 6) is 1.53. The van der Waals surface area contributed by atoms with E-state index < -0.39 is 0 Å². The minimum absolute atomic E-state index is 0.0000193. The van der Waals surface area contributed by atoms with Crippen molar-refractivity contribution in [2.24, 2.45) is 0 Å². The third kappa shape index (κ3) is 5.42. The van der Waals surface area contributed by atoms with Gasteiger partial charge in [-0.1, -0.05) is 44.7 Å². The average Bonchev–Trinajstić information content (AvgIpc) is 3.48. The van der Waals surface area contributed by atoms with Gasteiger partial charge in [0.1, 0.15) is 0 Å². The molecule has 0 aliphatic carbocycles. The Morgan fingerprint density at radius 2 is 1.94 bits per heavy atom. The molecule has 3 aromatic heterocycles. The van der Waals surface area contributed by atoms with Gasteiger partial charge in [0.15, 0.2) is 5.16 Å². The standard InChI is InChI=1S/C25H31N5O2S2/c1-5-20-17(4)15-21(34-20)23-28-27-22(32-23)16-33-25-26-19-12-9-8-11-18(19)24(31)30(25)14-10-13-29(6-2)7-3/h8-9,11-12,15H,5-7,10,13-14,16H2,1-4H3. The lowest BCUT2D eigenvalue weighted by Crippen LogP contribution is -2.28. The molecule has 0 fully saturated rings. The molecule has 3 heterocycles. The van der Waals surface area contributed by atoms with Gasteiger partial charge < -0.3 is 9.32 Å². The van der Waals surface area contributed by atoms with Crippen molar-refractivity contribution in [1.82, 2.24) is 24.6 Å². The van der Waals surface area contributed by atoms with Gasteiger partial charge in [0.25, 0.3) is 11.4 Å². The Balaban J connectivity index is 1.55. The molecule has 4 rings (SSSR count). The van der Waals surface area contributed by atoms with Crippen molar-refractivity contribution >= 4 is 34.0 Å². The maximum atomic E-state index is 13.3. The zero-order chi connectivity index (χ0) is 24.1. The number of benzene rings is 1. The van der Waals surface area contributed by atoms with E-state index in [0.29, 0.717) is 40.1 Å². The highest BCUT2D eigenvalue weighted by molar-refractivity contribution is 7.98. The van der Waals surface area contributed by atoms with E-state index in [-0.39, 0.29) is 5.56 Å². The summed E-state index contributed by atoms with van der Waals surface area (Å²) in [6, 6.07) is 9.63. The summed E-state index contributed by atoms with van der Waals surface area (Å²) in [6.45, 7) is 12.2. The number of nitrogens with zero attached hydrogens (tertiary/aromatic N) is 5. The van der Waals surface area contributed by atoms with Crippen LogP contribution < -0.4 is 5.56 Å². The van der Waals surface area contributed by atoms with E-state index in [9.17, 15) is 4.79 Å². The van der Waals surface area contributed by atoms with E-state index in [1.165, 1.54) is 22.2 Å². The highest BCUT2D eigenvalue weighted by Crippen LogP contribution is 2.31. The minimum Gasteiger partial charge on any atom is -0.419 e. The third-order valence-electron chi connectivity index (χ3n) is 5.92. The first-order valence-corrected chi connectivity index (χ1v) is 13.6. The van der Waals surface area contributed by atoms with Crippen molar-refractivity contribution in [2.45, 2.75) is 58.0 Å². The van der Waals surface area contributed by atoms with Gasteiger partial charge in [-0.3, -0.25) is 9.36 Å². The number of hydrogen-bond acceptors (Lipinski definition) is 8. The molecule has 0 spiro atoms. The van der Waals surface area contributed by atoms with Crippen molar-refractivity contribution in [3.05, 3.63) is 57.0 Å². The topological polar surface area (TPSA) is 77.1 Å². The summed E-state index contributed by atoms with van der Waals surface area (Å²) < 4.78 is 7.74. The monoisotopic (exact) mass is 497 g/mol. The maximum absolute atomic E-state index is 13.3. The van der Waals surface area contributed by atoms with Gasteiger partial charge in [0.2, 0.25) is 5.89 Å². The van der Waals surface area contributed by atoms with Crippen LogP contribution >= 0.6 is 23.1 Å². The van der Waals surface area contributed by atoms with Crippen LogP contribution in [0, 0.1) is 6.92 Å². The van der Waals surface area contributed by atoms with Crippen LogP contribution in [0.3, 0.4) is 0 Å². The van der Waals surface area contributed by atoms with Crippen LogP contribution in [0.5, 0.6) is 0 Å². The molecule has 0 N–H and O–H groups in total. The number of thiophene rings is 1. The lowest BCUT2D eigenvalue weighted by molar-refractivity contribution is 0.290. The molecule has 4 aromatic rings. The molecule has 7 nitrogen and oxygen atoms in total. The Hall–Kier alpha value is -2.49. The van der Waals surface area contributed by atoms with Crippen molar-refractivity contribution in [3.63, 3.8) is 0 Å². The summed E-state index contributed by atoms with van der Waals surface area (Å²) in [7, 11) is 0. The third-order valence-corrected chi connectivity index (χ3v) is 8.25. The number of aryl methyl sites for hydroxylation is 2. The molecule has 0 bridgehead atoms. The van der Waals surface area contributed by atoms with Gasteiger partial charge in [-0.05, 0) is 63.2 Å². The fraction of sp³-hybridized carbons (Fsp3) is 0.440. The predicted molar refractivity (Wildman–Crippen MR) is 140 cm³/mol. The van der Waals surface area contributed by atoms with E-state index in [2.05, 4.69) is 48.9 Å². The Kier molecular flexibility index (Phi) is 8.18. The van der Waals surface area contributed by atoms with Gasteiger partial charge in [-0.25, -0.2) is 4.98 Å². The highest BCUT2D eigenvalue weighted by Gasteiger charge is 2.16. The minimum atomic E-state index is 0.0000193. The van der Waals surface area contributed by atoms with E-state index >= 15 is 0 Å². The molecule has 0 radical (unpaired) electrons. The van der Waals surface area contributed by atoms with Gasteiger partial charge in [0, 0.05) is 11.4 Å². The predicted octanol–water partition coefficient (Wildman–Crippen LogP) is 5.40. The van der Waals surface area contributed by atoms with E-state index in [0.717, 1.165) is 37.4 Å². The van der Waals surface area contributed by atoms with Crippen molar-refractivity contribution in [1.29, 1.82) is 0 Å². The van der Waals surface area contributed by atoms with Crippen LogP contribution in [0.1, 0.15) is 43.5 Å². The van der Waals surface area contributed by atoms with Gasteiger partial charge in [0.05, 0.1) is 21.5 Å². The van der Waals surface area contributed by atoms with Crippen molar-refractivity contribution < 1.29 is 4.42 Å². The van der Waals surface area contributed by atoms with Crippen LogP contribution in [0.15, 0.2) is 44.7 Å². The second kappa shape index (κ2) is 11.3. The number of fused-ring (bicyclic) bond motifs is 1. The van der Waals surface area contributed by atoms with E-state index in [1.54, 1.807) is 15.9 Å². The number of aromatic nitrogens is 4. The first-order valence-electron chi connectivity index (χ1n) is 11.8. The average molecular weight is 498 g/mol. The fourth-order valence-electron chi connectivity index (χ4n) is 3.96. The van der Waals surface area contributed by atoms with Crippen LogP contribution in [-0.4, -0.2) is 44.3 Å². The largest absolute Gasteiger partial charge is 0.419 e. The Labute approximate surface area is 208 Å². The first kappa shape index (κ1) is 24.6. The van der Waals surface area contributed by atoms with Crippen LogP contribution in [-0.2, 0) is 18.7 Å². The molecule has 180 valence electrons. The van der Waals surface area contributed by atoms with Crippen LogP contribution in [0.4, 0.5) is 0 Å². The van der Waals surface area contributed by atoms with Crippen LogP contribution in [0.2, 0.25) is 0 Å². The molecule has 0 amide bonds. The molecule has 0 saturated carbocycles. The van der Waals surface area contributed by atoms with E-state index in [1.807, 2.05) is 24.3 Å². The molecule has 34 heavy (non-hydrogen) atoms. The van der Waals surface area contributed by atoms with E-state index in [4.69, 9.17) is 9.40 Å². The maximum Gasteiger partial charge on any atom is 0.262 e. The Bertz CT molecular complexity index is 1310. The summed E-state index contributed by atoms with van der Waals surface area (Å²) in [5, 5.41) is 9.82. The van der Waals surface area contributed by atoms with Gasteiger partial charge in [-0.2, -0.15) is 0 Å². The first-order chi connectivity index (χ1) is 16.5. The molecular formula is C25H31N5O2S2. The normalized spacial score (nSPS) is 11.7. The van der Waals surface area contributed by atoms with Crippen molar-refractivity contribution in [3.8, 4) is 10.8 Å². The Morgan fingerprint density at radius 3 is 2.68 bits per heavy atom.